The summed E-state index contributed by atoms with van der Waals surface area (Å²) in [4.78, 5) is 25.9. The van der Waals surface area contributed by atoms with E-state index in [0.29, 0.717) is 4.99 Å². The highest BCUT2D eigenvalue weighted by Crippen LogP contribution is 2.28. The molecule has 0 saturated carbocycles. The number of ether oxygens (including phenoxy) is 1. The Morgan fingerprint density at radius 3 is 2.30 bits per heavy atom. The van der Waals surface area contributed by atoms with E-state index >= 15 is 0 Å². The summed E-state index contributed by atoms with van der Waals surface area (Å²) in [6.07, 6.45) is 0.00293. The van der Waals surface area contributed by atoms with Gasteiger partial charge in [-0.25, -0.2) is 4.79 Å². The number of rotatable bonds is 6. The van der Waals surface area contributed by atoms with Crippen molar-refractivity contribution >= 4 is 46.0 Å². The first kappa shape index (κ1) is 19.6. The van der Waals surface area contributed by atoms with E-state index in [1.165, 1.54) is 14.2 Å². The quantitative estimate of drug-likeness (QED) is 0.441. The van der Waals surface area contributed by atoms with Crippen LogP contribution in [0.15, 0.2) is 18.2 Å². The number of carbonyl (C=O) groups is 2. The van der Waals surface area contributed by atoms with Crippen LogP contribution >= 0.6 is 24.3 Å². The fourth-order valence-electron chi connectivity index (χ4n) is 2.33. The summed E-state index contributed by atoms with van der Waals surface area (Å²) >= 11 is 6.18. The fraction of sp³-hybridized carbons (Fsp3) is 0.438. The van der Waals surface area contributed by atoms with E-state index in [1.54, 1.807) is 11.8 Å². The minimum Gasteiger partial charge on any atom is -0.467 e. The molecule has 0 aliphatic carbocycles. The molecule has 0 saturated heterocycles. The Hall–Kier alpha value is -1.44. The van der Waals surface area contributed by atoms with Crippen molar-refractivity contribution in [1.82, 2.24) is 0 Å². The highest BCUT2D eigenvalue weighted by Gasteiger charge is 2.29. The first-order valence-corrected chi connectivity index (χ1v) is 8.18. The van der Waals surface area contributed by atoms with Crippen LogP contribution in [0.5, 0.6) is 0 Å². The minimum absolute atomic E-state index is 0.00293. The molecule has 1 rings (SSSR count). The zero-order chi connectivity index (χ0) is 17.6. The summed E-state index contributed by atoms with van der Waals surface area (Å²) in [6.45, 7) is 5.58. The molecule has 0 bridgehead atoms. The van der Waals surface area contributed by atoms with E-state index in [4.69, 9.17) is 21.1 Å². The second kappa shape index (κ2) is 9.00. The van der Waals surface area contributed by atoms with Crippen LogP contribution in [0, 0.1) is 13.8 Å². The van der Waals surface area contributed by atoms with Crippen molar-refractivity contribution < 1.29 is 18.5 Å². The lowest BCUT2D eigenvalue weighted by atomic mass is 10.1. The Balaban J connectivity index is 3.25. The molecule has 0 aliphatic rings. The molecule has 1 aromatic carbocycles. The number of hydrogen-bond acceptors (Lipinski definition) is 6. The van der Waals surface area contributed by atoms with Gasteiger partial charge in [-0.2, -0.15) is 0 Å². The highest BCUT2D eigenvalue weighted by atomic mass is 32.2. The van der Waals surface area contributed by atoms with Crippen molar-refractivity contribution in [2.24, 2.45) is 0 Å². The van der Waals surface area contributed by atoms with Gasteiger partial charge in [0.05, 0.1) is 37.7 Å². The average molecular weight is 355 g/mol. The molecule has 0 fully saturated rings. The van der Waals surface area contributed by atoms with Gasteiger partial charge in [-0.3, -0.25) is 4.79 Å². The van der Waals surface area contributed by atoms with Crippen molar-refractivity contribution in [3.63, 3.8) is 0 Å². The number of hydrogen-bond donors (Lipinski definition) is 0. The maximum Gasteiger partial charge on any atom is 0.328 e. The van der Waals surface area contributed by atoms with Gasteiger partial charge < -0.3 is 13.8 Å². The van der Waals surface area contributed by atoms with Crippen molar-refractivity contribution in [2.75, 3.05) is 19.1 Å². The number of aryl methyl sites for hydroxylation is 2. The molecule has 1 unspecified atom stereocenters. The lowest BCUT2D eigenvalue weighted by Crippen LogP contribution is -2.44. The molecule has 0 aromatic heterocycles. The normalized spacial score (nSPS) is 11.7. The Morgan fingerprint density at radius 1 is 1.26 bits per heavy atom. The van der Waals surface area contributed by atoms with Gasteiger partial charge in [0.15, 0.2) is 0 Å². The van der Waals surface area contributed by atoms with E-state index < -0.39 is 12.0 Å². The molecule has 0 heterocycles. The highest BCUT2D eigenvalue weighted by molar-refractivity contribution is 8.09. The number of carbonyl (C=O) groups excluding carboxylic acids is 2. The summed E-state index contributed by atoms with van der Waals surface area (Å²) in [7, 11) is 2.75. The van der Waals surface area contributed by atoms with Crippen LogP contribution in [0.25, 0.3) is 0 Å². The van der Waals surface area contributed by atoms with Gasteiger partial charge in [-0.15, -0.1) is 0 Å². The predicted octanol–water partition coefficient (Wildman–Crippen LogP) is 3.21. The van der Waals surface area contributed by atoms with Crippen molar-refractivity contribution in [3.05, 3.63) is 29.3 Å². The summed E-state index contributed by atoms with van der Waals surface area (Å²) < 4.78 is 9.61. The van der Waals surface area contributed by atoms with Crippen LogP contribution in [0.1, 0.15) is 24.5 Å². The molecule has 0 N–H and O–H groups in total. The summed E-state index contributed by atoms with van der Waals surface area (Å²) in [6, 6.07) is 5.18. The maximum absolute atomic E-state index is 12.0. The molecule has 5 nitrogen and oxygen atoms in total. The summed E-state index contributed by atoms with van der Waals surface area (Å²) in [5, 5.41) is -0.217. The third-order valence-corrected chi connectivity index (χ3v) is 4.19. The van der Waals surface area contributed by atoms with Crippen LogP contribution in [-0.2, 0) is 18.5 Å². The molecule has 0 radical (unpaired) electrons. The first-order chi connectivity index (χ1) is 10.8. The topological polar surface area (TPSA) is 55.8 Å². The smallest absolute Gasteiger partial charge is 0.328 e. The number of benzene rings is 1. The zero-order valence-corrected chi connectivity index (χ0v) is 15.5. The number of nitrogens with zero attached hydrogens (tertiary/aromatic N) is 1. The molecule has 0 amide bonds. The first-order valence-electron chi connectivity index (χ1n) is 7.03. The molecule has 23 heavy (non-hydrogen) atoms. The number of thiocarbonyl (C=S) groups is 1. The van der Waals surface area contributed by atoms with Gasteiger partial charge in [0.1, 0.15) is 6.04 Å². The van der Waals surface area contributed by atoms with Gasteiger partial charge in [0, 0.05) is 5.69 Å². The molecule has 126 valence electrons. The van der Waals surface area contributed by atoms with E-state index in [-0.39, 0.29) is 11.5 Å². The fourth-order valence-corrected chi connectivity index (χ4v) is 3.18. The largest absolute Gasteiger partial charge is 0.467 e. The van der Waals surface area contributed by atoms with Crippen LogP contribution in [0.2, 0.25) is 0 Å². The molecule has 0 spiro atoms. The van der Waals surface area contributed by atoms with E-state index in [9.17, 15) is 9.59 Å². The van der Waals surface area contributed by atoms with Crippen LogP contribution in [0.4, 0.5) is 5.69 Å². The monoisotopic (exact) mass is 355 g/mol. The average Bonchev–Trinajstić information content (AvgIpc) is 2.49. The standard InChI is InChI=1S/C16H21NO4S2/c1-10-7-6-8-11(2)15(10)17(12(3)16(19)20-4)13(22)9-14(18)23-21-5/h6-8,12H,9H2,1-5H3. The van der Waals surface area contributed by atoms with E-state index in [0.717, 1.165) is 28.9 Å². The lowest BCUT2D eigenvalue weighted by Gasteiger charge is -2.32. The second-order valence-corrected chi connectivity index (χ2v) is 6.43. The molecule has 7 heteroatoms. The third kappa shape index (κ3) is 5.02. The number of esters is 1. The molecular formula is C16H21NO4S2. The van der Waals surface area contributed by atoms with E-state index in [1.807, 2.05) is 32.0 Å². The Bertz CT molecular complexity index is 583. The number of para-hydroxylation sites is 1. The number of anilines is 1. The van der Waals surface area contributed by atoms with Gasteiger partial charge in [-0.05, 0) is 31.9 Å². The Kier molecular flexibility index (Phi) is 7.67. The molecule has 1 atom stereocenters. The Labute approximate surface area is 146 Å². The minimum atomic E-state index is -0.632. The predicted molar refractivity (Wildman–Crippen MR) is 96.7 cm³/mol. The zero-order valence-electron chi connectivity index (χ0n) is 13.9. The van der Waals surface area contributed by atoms with Crippen LogP contribution in [-0.4, -0.2) is 36.3 Å². The van der Waals surface area contributed by atoms with Crippen molar-refractivity contribution in [3.8, 4) is 0 Å². The SMILES string of the molecule is COSC(=O)CC(=S)N(c1c(C)cccc1C)C(C)C(=O)OC. The van der Waals surface area contributed by atoms with Crippen molar-refractivity contribution in [1.29, 1.82) is 0 Å². The second-order valence-electron chi connectivity index (χ2n) is 5.00. The van der Waals surface area contributed by atoms with Gasteiger partial charge >= 0.3 is 5.97 Å². The van der Waals surface area contributed by atoms with Gasteiger partial charge in [0.25, 0.3) is 0 Å². The summed E-state index contributed by atoms with van der Waals surface area (Å²) in [5.74, 6) is -0.415. The summed E-state index contributed by atoms with van der Waals surface area (Å²) in [5.41, 5.74) is 2.76. The Morgan fingerprint density at radius 2 is 1.83 bits per heavy atom. The molecule has 1 aromatic rings. The van der Waals surface area contributed by atoms with Gasteiger partial charge in [-0.1, -0.05) is 30.4 Å². The van der Waals surface area contributed by atoms with Crippen LogP contribution in [0.3, 0.4) is 0 Å². The molecule has 0 aliphatic heterocycles. The molecular weight excluding hydrogens is 334 g/mol. The van der Waals surface area contributed by atoms with Gasteiger partial charge in [0.2, 0.25) is 5.12 Å². The maximum atomic E-state index is 12.0. The van der Waals surface area contributed by atoms with Crippen LogP contribution < -0.4 is 4.90 Å². The lowest BCUT2D eigenvalue weighted by molar-refractivity contribution is -0.141. The van der Waals surface area contributed by atoms with Crippen molar-refractivity contribution in [2.45, 2.75) is 33.2 Å². The number of methoxy groups -OCH3 is 1. The van der Waals surface area contributed by atoms with E-state index in [2.05, 4.69) is 0 Å². The third-order valence-electron chi connectivity index (χ3n) is 3.35.